The molecule has 0 spiro atoms. The lowest BCUT2D eigenvalue weighted by Gasteiger charge is -2.20. The van der Waals surface area contributed by atoms with E-state index >= 15 is 0 Å². The summed E-state index contributed by atoms with van der Waals surface area (Å²) < 4.78 is 5.59. The highest BCUT2D eigenvalue weighted by Crippen LogP contribution is 2.25. The van der Waals surface area contributed by atoms with Crippen molar-refractivity contribution in [1.29, 1.82) is 0 Å². The highest BCUT2D eigenvalue weighted by molar-refractivity contribution is 5.16. The van der Waals surface area contributed by atoms with Crippen LogP contribution in [0.5, 0.6) is 0 Å². The van der Waals surface area contributed by atoms with Gasteiger partial charge in [-0.2, -0.15) is 0 Å². The van der Waals surface area contributed by atoms with Gasteiger partial charge >= 0.3 is 0 Å². The molecule has 108 valence electrons. The van der Waals surface area contributed by atoms with Gasteiger partial charge in [0, 0.05) is 18.7 Å². The second-order valence-corrected chi connectivity index (χ2v) is 5.89. The lowest BCUT2D eigenvalue weighted by Crippen LogP contribution is -2.24. The summed E-state index contributed by atoms with van der Waals surface area (Å²) in [7, 11) is 2.23. The minimum Gasteiger partial charge on any atom is -0.468 e. The maximum absolute atomic E-state index is 5.59. The number of nitrogens with one attached hydrogen (secondary N) is 1. The molecule has 1 N–H and O–H groups in total. The van der Waals surface area contributed by atoms with Crippen LogP contribution in [0.25, 0.3) is 0 Å². The van der Waals surface area contributed by atoms with Crippen LogP contribution in [0, 0.1) is 5.92 Å². The van der Waals surface area contributed by atoms with Crippen molar-refractivity contribution in [3.8, 4) is 0 Å². The van der Waals surface area contributed by atoms with Crippen molar-refractivity contribution >= 4 is 0 Å². The van der Waals surface area contributed by atoms with Crippen LogP contribution < -0.4 is 5.32 Å². The van der Waals surface area contributed by atoms with Crippen LogP contribution in [0.2, 0.25) is 0 Å². The third kappa shape index (κ3) is 4.66. The molecule has 1 fully saturated rings. The fourth-order valence-corrected chi connectivity index (χ4v) is 3.03. The van der Waals surface area contributed by atoms with E-state index in [0.717, 1.165) is 37.7 Å². The maximum atomic E-state index is 5.59. The normalized spacial score (nSPS) is 16.6. The van der Waals surface area contributed by atoms with E-state index in [2.05, 4.69) is 30.3 Å². The average Bonchev–Trinajstić information content (AvgIpc) is 3.02. The Bertz CT molecular complexity index is 355. The molecule has 1 saturated carbocycles. The van der Waals surface area contributed by atoms with Gasteiger partial charge in [0.15, 0.2) is 0 Å². The summed E-state index contributed by atoms with van der Waals surface area (Å²) in [6.45, 7) is 6.33. The number of hydrogen-bond acceptors (Lipinski definition) is 3. The first kappa shape index (κ1) is 14.6. The summed E-state index contributed by atoms with van der Waals surface area (Å²) in [4.78, 5) is 2.45. The fourth-order valence-electron chi connectivity index (χ4n) is 3.03. The molecule has 0 bridgehead atoms. The van der Waals surface area contributed by atoms with E-state index in [-0.39, 0.29) is 0 Å². The molecule has 3 heteroatoms. The van der Waals surface area contributed by atoms with E-state index in [0.29, 0.717) is 0 Å². The Morgan fingerprint density at radius 2 is 2.16 bits per heavy atom. The fraction of sp³-hybridized carbons (Fsp3) is 0.750. The molecule has 3 nitrogen and oxygen atoms in total. The molecule has 1 aromatic heterocycles. The predicted octanol–water partition coefficient (Wildman–Crippen LogP) is 3.40. The van der Waals surface area contributed by atoms with Crippen LogP contribution in [-0.4, -0.2) is 25.0 Å². The summed E-state index contributed by atoms with van der Waals surface area (Å²) in [6.07, 6.45) is 8.67. The molecule has 19 heavy (non-hydrogen) atoms. The second kappa shape index (κ2) is 7.71. The highest BCUT2D eigenvalue weighted by atomic mass is 16.3. The van der Waals surface area contributed by atoms with E-state index in [1.165, 1.54) is 37.8 Å². The summed E-state index contributed by atoms with van der Waals surface area (Å²) in [6, 6.07) is 2.12. The van der Waals surface area contributed by atoms with E-state index in [9.17, 15) is 0 Å². The van der Waals surface area contributed by atoms with Crippen LogP contribution in [0.15, 0.2) is 16.7 Å². The Balaban J connectivity index is 1.78. The van der Waals surface area contributed by atoms with Gasteiger partial charge in [0.25, 0.3) is 0 Å². The monoisotopic (exact) mass is 264 g/mol. The van der Waals surface area contributed by atoms with Gasteiger partial charge in [0.2, 0.25) is 0 Å². The van der Waals surface area contributed by atoms with Gasteiger partial charge in [-0.15, -0.1) is 0 Å². The third-order valence-corrected chi connectivity index (χ3v) is 4.03. The standard InChI is InChI=1S/C16H28N2O/c1-3-9-17-11-16-15(8-10-19-16)13-18(2)12-14-6-4-5-7-14/h8,10,14,17H,3-7,9,11-13H2,1-2H3. The van der Waals surface area contributed by atoms with Gasteiger partial charge < -0.3 is 14.6 Å². The minimum atomic E-state index is 0.855. The van der Waals surface area contributed by atoms with Crippen LogP contribution in [-0.2, 0) is 13.1 Å². The van der Waals surface area contributed by atoms with E-state index in [1.807, 2.05) is 6.26 Å². The first-order chi connectivity index (χ1) is 9.29. The van der Waals surface area contributed by atoms with Crippen LogP contribution in [0.1, 0.15) is 50.4 Å². The zero-order chi connectivity index (χ0) is 13.5. The summed E-state index contributed by atoms with van der Waals surface area (Å²) in [5.41, 5.74) is 1.34. The van der Waals surface area contributed by atoms with Gasteiger partial charge in [0.05, 0.1) is 12.8 Å². The summed E-state index contributed by atoms with van der Waals surface area (Å²) in [5, 5.41) is 3.41. The predicted molar refractivity (Wildman–Crippen MR) is 79.0 cm³/mol. The first-order valence-electron chi connectivity index (χ1n) is 7.74. The molecule has 0 unspecified atom stereocenters. The number of nitrogens with zero attached hydrogens (tertiary/aromatic N) is 1. The van der Waals surface area contributed by atoms with E-state index in [1.54, 1.807) is 0 Å². The Morgan fingerprint density at radius 1 is 1.37 bits per heavy atom. The first-order valence-corrected chi connectivity index (χ1v) is 7.74. The summed E-state index contributed by atoms with van der Waals surface area (Å²) in [5.74, 6) is 2.02. The van der Waals surface area contributed by atoms with Crippen molar-refractivity contribution < 1.29 is 4.42 Å². The molecular weight excluding hydrogens is 236 g/mol. The molecule has 0 radical (unpaired) electrons. The topological polar surface area (TPSA) is 28.4 Å². The van der Waals surface area contributed by atoms with E-state index in [4.69, 9.17) is 4.42 Å². The second-order valence-electron chi connectivity index (χ2n) is 5.89. The zero-order valence-corrected chi connectivity index (χ0v) is 12.5. The molecule has 1 heterocycles. The largest absolute Gasteiger partial charge is 0.468 e. The maximum Gasteiger partial charge on any atom is 0.122 e. The SMILES string of the molecule is CCCNCc1occc1CN(C)CC1CCCC1. The molecular formula is C16H28N2O. The number of furan rings is 1. The van der Waals surface area contributed by atoms with Gasteiger partial charge in [-0.1, -0.05) is 19.8 Å². The molecule has 0 amide bonds. The van der Waals surface area contributed by atoms with Crippen molar-refractivity contribution in [3.05, 3.63) is 23.7 Å². The molecule has 0 aromatic carbocycles. The molecule has 1 aliphatic rings. The van der Waals surface area contributed by atoms with Crippen molar-refractivity contribution in [3.63, 3.8) is 0 Å². The van der Waals surface area contributed by atoms with Crippen molar-refractivity contribution in [2.75, 3.05) is 20.1 Å². The lowest BCUT2D eigenvalue weighted by atomic mass is 10.1. The zero-order valence-electron chi connectivity index (χ0n) is 12.5. The average molecular weight is 264 g/mol. The minimum absolute atomic E-state index is 0.855. The van der Waals surface area contributed by atoms with Crippen LogP contribution >= 0.6 is 0 Å². The molecule has 1 aliphatic carbocycles. The molecule has 1 aromatic rings. The van der Waals surface area contributed by atoms with Crippen molar-refractivity contribution in [2.24, 2.45) is 5.92 Å². The highest BCUT2D eigenvalue weighted by Gasteiger charge is 2.17. The summed E-state index contributed by atoms with van der Waals surface area (Å²) >= 11 is 0. The number of hydrogen-bond donors (Lipinski definition) is 1. The molecule has 0 saturated heterocycles. The van der Waals surface area contributed by atoms with Crippen molar-refractivity contribution in [1.82, 2.24) is 10.2 Å². The Morgan fingerprint density at radius 3 is 2.89 bits per heavy atom. The van der Waals surface area contributed by atoms with Crippen LogP contribution in [0.4, 0.5) is 0 Å². The van der Waals surface area contributed by atoms with Crippen LogP contribution in [0.3, 0.4) is 0 Å². The van der Waals surface area contributed by atoms with Gasteiger partial charge in [-0.25, -0.2) is 0 Å². The smallest absolute Gasteiger partial charge is 0.122 e. The van der Waals surface area contributed by atoms with Gasteiger partial charge in [0.1, 0.15) is 5.76 Å². The number of rotatable bonds is 8. The molecule has 0 atom stereocenters. The Labute approximate surface area is 117 Å². The Hall–Kier alpha value is -0.800. The Kier molecular flexibility index (Phi) is 5.93. The van der Waals surface area contributed by atoms with Gasteiger partial charge in [-0.05, 0) is 44.8 Å². The lowest BCUT2D eigenvalue weighted by molar-refractivity contribution is 0.269. The van der Waals surface area contributed by atoms with E-state index < -0.39 is 0 Å². The quantitative estimate of drug-likeness (QED) is 0.729. The third-order valence-electron chi connectivity index (χ3n) is 4.03. The molecule has 2 rings (SSSR count). The van der Waals surface area contributed by atoms with Gasteiger partial charge in [-0.3, -0.25) is 0 Å². The van der Waals surface area contributed by atoms with Crippen molar-refractivity contribution in [2.45, 2.75) is 52.1 Å². The molecule has 0 aliphatic heterocycles.